The molecule has 0 saturated carbocycles. The van der Waals surface area contributed by atoms with Gasteiger partial charge in [0.25, 0.3) is 0 Å². The van der Waals surface area contributed by atoms with Gasteiger partial charge < -0.3 is 0 Å². The van der Waals surface area contributed by atoms with Crippen LogP contribution in [0.3, 0.4) is 0 Å². The molecule has 0 aliphatic carbocycles. The average Bonchev–Trinajstić information content (AvgIpc) is 3.50. The Morgan fingerprint density at radius 2 is 1.10 bits per heavy atom. The van der Waals surface area contributed by atoms with Crippen LogP contribution in [0.4, 0.5) is 0 Å². The molecule has 2 aromatic heterocycles. The van der Waals surface area contributed by atoms with E-state index in [4.69, 9.17) is 0 Å². The van der Waals surface area contributed by atoms with Gasteiger partial charge >= 0.3 is 0 Å². The first kappa shape index (κ1) is 20.3. The van der Waals surface area contributed by atoms with Gasteiger partial charge in [-0.05, 0) is 66.8 Å². The van der Waals surface area contributed by atoms with E-state index in [0.29, 0.717) is 0 Å². The molecule has 0 spiro atoms. The zero-order valence-electron chi connectivity index (χ0n) is 17.5. The Balaban J connectivity index is 1.51. The van der Waals surface area contributed by atoms with Crippen molar-refractivity contribution in [2.45, 2.75) is 27.8 Å². The van der Waals surface area contributed by atoms with Crippen LogP contribution in [0.1, 0.15) is 11.1 Å². The minimum Gasteiger partial charge on any atom is -0.144 e. The number of benzene rings is 3. The summed E-state index contributed by atoms with van der Waals surface area (Å²) in [5.74, 6) is 0. The summed E-state index contributed by atoms with van der Waals surface area (Å²) in [5, 5.41) is 2.13. The second-order valence-corrected chi connectivity index (χ2v) is 11.9. The Morgan fingerprint density at radius 1 is 0.548 bits per heavy atom. The monoisotopic (exact) mass is 455 g/mol. The highest BCUT2D eigenvalue weighted by Crippen LogP contribution is 2.39. The Kier molecular flexibility index (Phi) is 5.82. The minimum atomic E-state index is -0.0926. The van der Waals surface area contributed by atoms with E-state index in [9.17, 15) is 0 Å². The van der Waals surface area contributed by atoms with Gasteiger partial charge in [-0.2, -0.15) is 0 Å². The first-order valence-electron chi connectivity index (χ1n) is 10.3. The lowest BCUT2D eigenvalue weighted by Crippen LogP contribution is -2.02. The van der Waals surface area contributed by atoms with Gasteiger partial charge in [0, 0.05) is 15.8 Å². The van der Waals surface area contributed by atoms with Crippen molar-refractivity contribution in [2.24, 2.45) is 0 Å². The summed E-state index contributed by atoms with van der Waals surface area (Å²) in [7, 11) is -0.0926. The first-order valence-corrected chi connectivity index (χ1v) is 13.2. The third kappa shape index (κ3) is 4.40. The smallest absolute Gasteiger partial charge is 0.144 e. The van der Waals surface area contributed by atoms with Gasteiger partial charge in [0.05, 0.1) is 0 Å². The number of hydrogen-bond donors (Lipinski definition) is 0. The standard InChI is InChI=1S/C28H23S3/c1-20-5-13-24(14-6-20)31(25-15-7-21(2)8-16-25)28-18-17-27(30-28)23-11-9-22(10-12-23)26-4-3-19-29-26/h3-19H,1-2H3/q+1. The van der Waals surface area contributed by atoms with Crippen LogP contribution in [-0.2, 0) is 10.9 Å². The van der Waals surface area contributed by atoms with Gasteiger partial charge in [-0.3, -0.25) is 0 Å². The van der Waals surface area contributed by atoms with Crippen molar-refractivity contribution in [3.63, 3.8) is 0 Å². The highest BCUT2D eigenvalue weighted by molar-refractivity contribution is 7.99. The summed E-state index contributed by atoms with van der Waals surface area (Å²) in [4.78, 5) is 5.38. The molecule has 0 atom stereocenters. The van der Waals surface area contributed by atoms with Crippen LogP contribution in [0, 0.1) is 13.8 Å². The van der Waals surface area contributed by atoms with Gasteiger partial charge in [-0.1, -0.05) is 77.1 Å². The molecule has 0 radical (unpaired) electrons. The van der Waals surface area contributed by atoms with Crippen molar-refractivity contribution in [1.29, 1.82) is 0 Å². The number of rotatable bonds is 5. The largest absolute Gasteiger partial charge is 0.220 e. The van der Waals surface area contributed by atoms with E-state index in [1.165, 1.54) is 46.0 Å². The van der Waals surface area contributed by atoms with Gasteiger partial charge in [0.1, 0.15) is 10.9 Å². The lowest BCUT2D eigenvalue weighted by Gasteiger charge is -2.06. The van der Waals surface area contributed by atoms with Crippen molar-refractivity contribution >= 4 is 33.6 Å². The highest BCUT2D eigenvalue weighted by atomic mass is 32.2. The molecule has 3 heteroatoms. The third-order valence-electron chi connectivity index (χ3n) is 5.27. The van der Waals surface area contributed by atoms with Crippen LogP contribution in [0.5, 0.6) is 0 Å². The van der Waals surface area contributed by atoms with Crippen LogP contribution in [0.15, 0.2) is 116 Å². The molecule has 31 heavy (non-hydrogen) atoms. The lowest BCUT2D eigenvalue weighted by molar-refractivity contribution is 1.31. The fourth-order valence-electron chi connectivity index (χ4n) is 3.54. The maximum atomic E-state index is 2.32. The summed E-state index contributed by atoms with van der Waals surface area (Å²) in [6, 6.07) is 35.9. The molecule has 5 rings (SSSR count). The SMILES string of the molecule is Cc1ccc([S+](c2ccc(C)cc2)c2ccc(-c3ccc(-c4cccs4)cc3)s2)cc1. The quantitative estimate of drug-likeness (QED) is 0.232. The lowest BCUT2D eigenvalue weighted by atomic mass is 10.1. The summed E-state index contributed by atoms with van der Waals surface area (Å²) in [6.07, 6.45) is 0. The zero-order chi connectivity index (χ0) is 21.2. The highest BCUT2D eigenvalue weighted by Gasteiger charge is 2.30. The number of aryl methyl sites for hydroxylation is 2. The van der Waals surface area contributed by atoms with E-state index in [-0.39, 0.29) is 10.9 Å². The third-order valence-corrected chi connectivity index (χ3v) is 9.89. The van der Waals surface area contributed by atoms with Crippen molar-refractivity contribution in [1.82, 2.24) is 0 Å². The molecule has 0 aliphatic rings. The van der Waals surface area contributed by atoms with Crippen molar-refractivity contribution in [3.05, 3.63) is 114 Å². The van der Waals surface area contributed by atoms with Crippen LogP contribution >= 0.6 is 22.7 Å². The van der Waals surface area contributed by atoms with E-state index in [1.54, 1.807) is 11.3 Å². The molecule has 5 aromatic rings. The van der Waals surface area contributed by atoms with Crippen molar-refractivity contribution < 1.29 is 0 Å². The predicted molar refractivity (Wildman–Crippen MR) is 138 cm³/mol. The molecular weight excluding hydrogens is 433 g/mol. The number of hydrogen-bond acceptors (Lipinski definition) is 2. The molecule has 3 aromatic carbocycles. The Bertz CT molecular complexity index is 1210. The van der Waals surface area contributed by atoms with E-state index in [1.807, 2.05) is 11.3 Å². The second kappa shape index (κ2) is 8.88. The topological polar surface area (TPSA) is 0 Å². The van der Waals surface area contributed by atoms with Gasteiger partial charge in [0.15, 0.2) is 9.79 Å². The van der Waals surface area contributed by atoms with Crippen LogP contribution in [0.25, 0.3) is 20.9 Å². The molecule has 152 valence electrons. The molecule has 0 bridgehead atoms. The van der Waals surface area contributed by atoms with E-state index in [2.05, 4.69) is 116 Å². The van der Waals surface area contributed by atoms with Gasteiger partial charge in [-0.15, -0.1) is 11.3 Å². The molecule has 0 unspecified atom stereocenters. The van der Waals surface area contributed by atoms with Crippen LogP contribution < -0.4 is 0 Å². The number of thiophene rings is 2. The zero-order valence-corrected chi connectivity index (χ0v) is 20.0. The van der Waals surface area contributed by atoms with E-state index in [0.717, 1.165) is 0 Å². The fraction of sp³-hybridized carbons (Fsp3) is 0.0714. The molecule has 0 N–H and O–H groups in total. The second-order valence-electron chi connectivity index (χ2n) is 7.61. The van der Waals surface area contributed by atoms with Gasteiger partial charge in [-0.25, -0.2) is 0 Å². The van der Waals surface area contributed by atoms with Crippen molar-refractivity contribution in [2.75, 3.05) is 0 Å². The molecule has 0 saturated heterocycles. The summed E-state index contributed by atoms with van der Waals surface area (Å²) in [5.41, 5.74) is 5.17. The van der Waals surface area contributed by atoms with E-state index < -0.39 is 0 Å². The maximum absolute atomic E-state index is 2.32. The Morgan fingerprint density at radius 3 is 1.61 bits per heavy atom. The summed E-state index contributed by atoms with van der Waals surface area (Å²) in [6.45, 7) is 4.30. The molecule has 0 amide bonds. The fourth-order valence-corrected chi connectivity index (χ4v) is 7.96. The molecular formula is C28H23S3+. The minimum absolute atomic E-state index is 0.0926. The predicted octanol–water partition coefficient (Wildman–Crippen LogP) is 8.86. The van der Waals surface area contributed by atoms with Crippen LogP contribution in [0.2, 0.25) is 0 Å². The first-order chi connectivity index (χ1) is 15.2. The molecule has 0 nitrogen and oxygen atoms in total. The summed E-state index contributed by atoms with van der Waals surface area (Å²) < 4.78 is 1.41. The Hall–Kier alpha value is -2.59. The average molecular weight is 456 g/mol. The maximum Gasteiger partial charge on any atom is 0.220 e. The van der Waals surface area contributed by atoms with E-state index >= 15 is 0 Å². The summed E-state index contributed by atoms with van der Waals surface area (Å²) >= 11 is 3.70. The molecule has 0 aliphatic heterocycles. The normalized spacial score (nSPS) is 11.2. The van der Waals surface area contributed by atoms with Crippen molar-refractivity contribution in [3.8, 4) is 20.9 Å². The Labute approximate surface area is 195 Å². The molecule has 2 heterocycles. The molecule has 0 fully saturated rings. The van der Waals surface area contributed by atoms with Crippen LogP contribution in [-0.4, -0.2) is 0 Å². The van der Waals surface area contributed by atoms with Gasteiger partial charge in [0.2, 0.25) is 4.21 Å².